The van der Waals surface area contributed by atoms with E-state index in [1.54, 1.807) is 0 Å². The second-order valence-corrected chi connectivity index (χ2v) is 41.1. The van der Waals surface area contributed by atoms with Gasteiger partial charge in [-0.2, -0.15) is 0 Å². The van der Waals surface area contributed by atoms with Gasteiger partial charge in [-0.1, -0.05) is 381 Å². The smallest absolute Gasteiger partial charge is 0.137 e. The summed E-state index contributed by atoms with van der Waals surface area (Å²) in [5.41, 5.74) is 29.6. The summed E-state index contributed by atoms with van der Waals surface area (Å²) in [6.45, 7) is 4.75. The highest BCUT2D eigenvalue weighted by molar-refractivity contribution is 7.25. The fraction of sp³-hybridized carbons (Fsp3) is 0.156. The van der Waals surface area contributed by atoms with Crippen molar-refractivity contribution >= 4 is 169 Å². The molecule has 5 heteroatoms. The molecule has 0 saturated heterocycles. The third-order valence-corrected chi connectivity index (χ3v) is 32.4. The fourth-order valence-corrected chi connectivity index (χ4v) is 25.2. The van der Waals surface area contributed by atoms with E-state index in [4.69, 9.17) is 4.42 Å². The predicted molar refractivity (Wildman–Crippen MR) is 600 cm³/mol. The topological polar surface area (TPSA) is 22.9 Å². The minimum Gasteiger partial charge on any atom is -0.456 e. The summed E-state index contributed by atoms with van der Waals surface area (Å²) < 4.78 is 9.07. The monoisotopic (exact) mass is 1820 g/mol. The highest BCUT2D eigenvalue weighted by Gasteiger charge is 2.37. The molecule has 0 unspecified atom stereocenters. The molecule has 21 aromatic carbocycles. The number of nitrogens with zero attached hydrogens (tertiary/aromatic N) is 3. The van der Waals surface area contributed by atoms with Crippen LogP contribution in [0.1, 0.15) is 156 Å². The molecule has 0 atom stereocenters. The summed E-state index contributed by atoms with van der Waals surface area (Å²) in [5.74, 6) is 2.02. The molecule has 0 amide bonds. The van der Waals surface area contributed by atoms with Gasteiger partial charge in [0.2, 0.25) is 0 Å². The molecule has 140 heavy (non-hydrogen) atoms. The molecule has 4 nitrogen and oxygen atoms in total. The molecule has 3 saturated carbocycles. The van der Waals surface area contributed by atoms with Crippen LogP contribution in [-0.2, 0) is 5.41 Å². The Hall–Kier alpha value is -15.4. The van der Waals surface area contributed by atoms with Crippen LogP contribution in [0.2, 0.25) is 0 Å². The van der Waals surface area contributed by atoms with Gasteiger partial charge in [0.05, 0.1) is 17.1 Å². The van der Waals surface area contributed by atoms with Gasteiger partial charge in [0.25, 0.3) is 0 Å². The summed E-state index contributed by atoms with van der Waals surface area (Å²) in [4.78, 5) is 7.43. The zero-order chi connectivity index (χ0) is 93.1. The second-order valence-electron chi connectivity index (χ2n) is 40.0. The van der Waals surface area contributed by atoms with Crippen LogP contribution >= 0.6 is 11.3 Å². The maximum atomic E-state index is 6.42. The Morgan fingerprint density at radius 3 is 0.993 bits per heavy atom. The first-order valence-corrected chi connectivity index (χ1v) is 51.8. The Labute approximate surface area is 824 Å². The Morgan fingerprint density at radius 1 is 0.221 bits per heavy atom. The summed E-state index contributed by atoms with van der Waals surface area (Å²) in [6.07, 6.45) is 20.0. The Balaban J connectivity index is 0.000000111. The van der Waals surface area contributed by atoms with E-state index in [0.717, 1.165) is 39.0 Å². The molecule has 23 aromatic rings. The average Bonchev–Trinajstić information content (AvgIpc) is 1.46. The first-order valence-electron chi connectivity index (χ1n) is 51.0. The molecule has 4 aliphatic rings. The van der Waals surface area contributed by atoms with Gasteiger partial charge in [-0.05, 0) is 298 Å². The van der Waals surface area contributed by atoms with Crippen molar-refractivity contribution in [3.05, 3.63) is 465 Å². The van der Waals surface area contributed by atoms with Gasteiger partial charge in [0, 0.05) is 93.2 Å². The molecular formula is C135H111N3OS. The SMILES string of the molecule is CC1(C)c2ccccc2-c2ccc(N(c3ccc(C4CCCCC4)cc3)c3ccc4ccccc4c3-c3ccc4ccccc4c3)cc21.c1ccc2cc(-c3c(N(c4ccc(C5CCCCC5)cc4)c4ccc5c(c4)oc4ccccc45)ccc4ccccc34)ccc2c1.c1ccc2cc(-c3c(N(c4ccc(C5CCCCC5)cc4)c4ccc5c(c4)sc4ccccc45)ccc4ccccc34)ccc2c1. The number of fused-ring (bicyclic) bond motifs is 15. The average molecular weight is 1820 g/mol. The number of para-hydroxylation sites is 1. The lowest BCUT2D eigenvalue weighted by atomic mass is 9.82. The van der Waals surface area contributed by atoms with Crippen LogP contribution in [0.3, 0.4) is 0 Å². The third-order valence-electron chi connectivity index (χ3n) is 31.3. The van der Waals surface area contributed by atoms with E-state index in [2.05, 4.69) is 459 Å². The number of thiophene rings is 1. The molecule has 0 bridgehead atoms. The number of furan rings is 1. The minimum absolute atomic E-state index is 0.0804. The van der Waals surface area contributed by atoms with E-state index in [9.17, 15) is 0 Å². The van der Waals surface area contributed by atoms with Gasteiger partial charge in [-0.25, -0.2) is 0 Å². The van der Waals surface area contributed by atoms with Crippen molar-refractivity contribution in [3.63, 3.8) is 0 Å². The van der Waals surface area contributed by atoms with Crippen molar-refractivity contribution in [2.24, 2.45) is 0 Å². The highest BCUT2D eigenvalue weighted by Crippen LogP contribution is 2.55. The molecule has 4 aliphatic carbocycles. The third kappa shape index (κ3) is 16.2. The van der Waals surface area contributed by atoms with E-state index < -0.39 is 0 Å². The molecule has 0 spiro atoms. The zero-order valence-electron chi connectivity index (χ0n) is 79.6. The molecule has 3 fully saturated rings. The van der Waals surface area contributed by atoms with Crippen LogP contribution in [-0.4, -0.2) is 0 Å². The van der Waals surface area contributed by atoms with Gasteiger partial charge in [0.1, 0.15) is 11.2 Å². The summed E-state index contributed by atoms with van der Waals surface area (Å²) in [5, 5.41) is 20.0. The molecule has 678 valence electrons. The van der Waals surface area contributed by atoms with Crippen LogP contribution in [0.4, 0.5) is 51.2 Å². The van der Waals surface area contributed by atoms with Crippen LogP contribution in [0.15, 0.2) is 441 Å². The molecule has 27 rings (SSSR count). The van der Waals surface area contributed by atoms with E-state index in [0.29, 0.717) is 17.8 Å². The largest absolute Gasteiger partial charge is 0.456 e. The maximum Gasteiger partial charge on any atom is 0.137 e. The summed E-state index contributed by atoms with van der Waals surface area (Å²) >= 11 is 1.88. The predicted octanol–water partition coefficient (Wildman–Crippen LogP) is 40.1. The van der Waals surface area contributed by atoms with Gasteiger partial charge >= 0.3 is 0 Å². The van der Waals surface area contributed by atoms with Gasteiger partial charge in [-0.15, -0.1) is 11.3 Å². The van der Waals surface area contributed by atoms with Gasteiger partial charge in [0.15, 0.2) is 0 Å². The van der Waals surface area contributed by atoms with Crippen molar-refractivity contribution in [1.82, 2.24) is 0 Å². The van der Waals surface area contributed by atoms with Crippen molar-refractivity contribution in [2.45, 2.75) is 133 Å². The lowest BCUT2D eigenvalue weighted by Crippen LogP contribution is -2.17. The number of hydrogen-bond acceptors (Lipinski definition) is 5. The quantitative estimate of drug-likeness (QED) is 0.102. The number of rotatable bonds is 15. The lowest BCUT2D eigenvalue weighted by molar-refractivity contribution is 0.443. The number of hydrogen-bond donors (Lipinski definition) is 0. The van der Waals surface area contributed by atoms with Crippen LogP contribution in [0, 0.1) is 0 Å². The van der Waals surface area contributed by atoms with Crippen molar-refractivity contribution in [3.8, 4) is 44.5 Å². The zero-order valence-corrected chi connectivity index (χ0v) is 80.4. The first-order chi connectivity index (χ1) is 69.2. The van der Waals surface area contributed by atoms with E-state index in [1.165, 1.54) is 288 Å². The number of anilines is 9. The Morgan fingerprint density at radius 2 is 0.543 bits per heavy atom. The molecule has 2 aromatic heterocycles. The minimum atomic E-state index is -0.0804. The van der Waals surface area contributed by atoms with E-state index in [1.807, 2.05) is 17.4 Å². The van der Waals surface area contributed by atoms with Crippen LogP contribution in [0.25, 0.3) is 151 Å². The molecule has 0 radical (unpaired) electrons. The first kappa shape index (κ1) is 86.2. The van der Waals surface area contributed by atoms with Gasteiger partial charge in [-0.3, -0.25) is 0 Å². The van der Waals surface area contributed by atoms with E-state index in [-0.39, 0.29) is 5.41 Å². The standard InChI is InChI=1S/C47H41N.C44H35NO.C44H35NS/c1-47(2)43-19-11-10-18-41(43)42-28-27-39(31-44(42)47)48(38-25-22-34(23-26-38)32-12-4-3-5-13-32)45-29-24-35-15-8-9-17-40(35)46(45)37-21-20-33-14-6-7-16-36(33)30-37;2*1-2-10-30(11-3-1)32-20-23-36(24-21-32)45(37-25-26-40-39-16-8-9-17-42(39)46-43(40)29-37)41-27-22-33-13-6-7-15-38(33)44(41)35-19-18-31-12-4-5-14-34(31)28-35/h6-11,14-32H,3-5,12-13H2,1-2H3;2*4-9,12-30H,1-3,10-11H2. The molecule has 0 N–H and O–H groups in total. The molecular weight excluding hydrogens is 1710 g/mol. The number of benzene rings is 21. The lowest BCUT2D eigenvalue weighted by Gasteiger charge is -2.31. The van der Waals surface area contributed by atoms with Crippen molar-refractivity contribution in [1.29, 1.82) is 0 Å². The highest BCUT2D eigenvalue weighted by atomic mass is 32.1. The van der Waals surface area contributed by atoms with Crippen molar-refractivity contribution < 1.29 is 4.42 Å². The van der Waals surface area contributed by atoms with E-state index >= 15 is 0 Å². The van der Waals surface area contributed by atoms with Gasteiger partial charge < -0.3 is 19.1 Å². The summed E-state index contributed by atoms with van der Waals surface area (Å²) in [7, 11) is 0. The van der Waals surface area contributed by atoms with Crippen LogP contribution in [0.5, 0.6) is 0 Å². The normalized spacial score (nSPS) is 14.5. The molecule has 0 aliphatic heterocycles. The Kier molecular flexibility index (Phi) is 22.9. The fourth-order valence-electron chi connectivity index (χ4n) is 24.1. The summed E-state index contributed by atoms with van der Waals surface area (Å²) in [6, 6.07) is 162. The van der Waals surface area contributed by atoms with Crippen molar-refractivity contribution in [2.75, 3.05) is 14.7 Å². The second kappa shape index (κ2) is 37.2. The van der Waals surface area contributed by atoms with Crippen LogP contribution < -0.4 is 14.7 Å². The maximum absolute atomic E-state index is 6.42. The molecule has 2 heterocycles. The Bertz CT molecular complexity index is 8280.